The minimum atomic E-state index is 0.852. The van der Waals surface area contributed by atoms with Gasteiger partial charge in [-0.1, -0.05) is 12.1 Å². The van der Waals surface area contributed by atoms with E-state index in [4.69, 9.17) is 5.73 Å². The van der Waals surface area contributed by atoms with Crippen LogP contribution in [0.3, 0.4) is 0 Å². The smallest absolute Gasteiger partial charge is 0.0862 e. The van der Waals surface area contributed by atoms with Gasteiger partial charge in [-0.15, -0.1) is 11.3 Å². The van der Waals surface area contributed by atoms with E-state index >= 15 is 0 Å². The number of nitrogen functional groups attached to an aromatic ring is 1. The third-order valence-electron chi connectivity index (χ3n) is 2.55. The molecule has 0 bridgehead atoms. The van der Waals surface area contributed by atoms with E-state index < -0.39 is 0 Å². The van der Waals surface area contributed by atoms with Crippen LogP contribution in [0.2, 0.25) is 0 Å². The molecule has 1 aromatic carbocycles. The van der Waals surface area contributed by atoms with Crippen molar-refractivity contribution in [3.63, 3.8) is 0 Å². The second kappa shape index (κ2) is 3.61. The number of hydrogen-bond donors (Lipinski definition) is 1. The molecule has 3 aromatic rings. The summed E-state index contributed by atoms with van der Waals surface area (Å²) in [7, 11) is 0. The van der Waals surface area contributed by atoms with Crippen molar-refractivity contribution in [2.24, 2.45) is 0 Å². The number of pyridine rings is 1. The topological polar surface area (TPSA) is 38.9 Å². The van der Waals surface area contributed by atoms with Crippen molar-refractivity contribution in [3.8, 4) is 10.4 Å². The van der Waals surface area contributed by atoms with E-state index in [0.29, 0.717) is 0 Å². The van der Waals surface area contributed by atoms with Gasteiger partial charge in [-0.25, -0.2) is 0 Å². The van der Waals surface area contributed by atoms with Crippen LogP contribution < -0.4 is 5.73 Å². The molecule has 2 nitrogen and oxygen atoms in total. The van der Waals surface area contributed by atoms with Gasteiger partial charge in [0.25, 0.3) is 0 Å². The first-order chi connectivity index (χ1) is 7.83. The minimum absolute atomic E-state index is 0.852. The number of nitrogens with zero attached hydrogens (tertiary/aromatic N) is 1. The van der Waals surface area contributed by atoms with Crippen LogP contribution in [0.25, 0.3) is 21.2 Å². The maximum Gasteiger partial charge on any atom is 0.0862 e. The molecule has 0 aliphatic carbocycles. The standard InChI is InChI=1S/C13H10N2S/c14-13-4-3-12(16-13)10-1-2-11-8-15-6-5-9(11)7-10/h1-8H,14H2. The van der Waals surface area contributed by atoms with Crippen LogP contribution in [0.5, 0.6) is 0 Å². The highest BCUT2D eigenvalue weighted by atomic mass is 32.1. The van der Waals surface area contributed by atoms with Crippen LogP contribution in [0.4, 0.5) is 5.00 Å². The molecule has 3 heteroatoms. The summed E-state index contributed by atoms with van der Waals surface area (Å²) in [6.45, 7) is 0. The van der Waals surface area contributed by atoms with Gasteiger partial charge < -0.3 is 5.73 Å². The monoisotopic (exact) mass is 226 g/mol. The van der Waals surface area contributed by atoms with Crippen molar-refractivity contribution < 1.29 is 0 Å². The number of thiophene rings is 1. The molecule has 0 spiro atoms. The van der Waals surface area contributed by atoms with Gasteiger partial charge in [0, 0.05) is 22.7 Å². The molecule has 0 aliphatic heterocycles. The normalized spacial score (nSPS) is 10.8. The zero-order valence-electron chi connectivity index (χ0n) is 8.55. The summed E-state index contributed by atoms with van der Waals surface area (Å²) >= 11 is 1.61. The quantitative estimate of drug-likeness (QED) is 0.689. The fourth-order valence-corrected chi connectivity index (χ4v) is 2.52. The predicted molar refractivity (Wildman–Crippen MR) is 69.5 cm³/mol. The average molecular weight is 226 g/mol. The van der Waals surface area contributed by atoms with Gasteiger partial charge in [0.05, 0.1) is 5.00 Å². The maximum absolute atomic E-state index is 5.74. The molecular weight excluding hydrogens is 216 g/mol. The van der Waals surface area contributed by atoms with Crippen LogP contribution in [-0.4, -0.2) is 4.98 Å². The Morgan fingerprint density at radius 1 is 1.00 bits per heavy atom. The van der Waals surface area contributed by atoms with E-state index in [1.807, 2.05) is 24.5 Å². The van der Waals surface area contributed by atoms with Crippen LogP contribution >= 0.6 is 11.3 Å². The Hall–Kier alpha value is -1.87. The fourth-order valence-electron chi connectivity index (χ4n) is 1.74. The molecule has 0 saturated heterocycles. The molecule has 0 radical (unpaired) electrons. The van der Waals surface area contributed by atoms with Crippen molar-refractivity contribution in [2.75, 3.05) is 5.73 Å². The highest BCUT2D eigenvalue weighted by Gasteiger charge is 2.02. The number of nitrogens with two attached hydrogens (primary N) is 1. The molecule has 2 aromatic heterocycles. The van der Waals surface area contributed by atoms with Crippen molar-refractivity contribution >= 4 is 27.1 Å². The first-order valence-electron chi connectivity index (χ1n) is 5.02. The summed E-state index contributed by atoms with van der Waals surface area (Å²) < 4.78 is 0. The van der Waals surface area contributed by atoms with E-state index in [0.717, 1.165) is 10.4 Å². The zero-order valence-corrected chi connectivity index (χ0v) is 9.37. The average Bonchev–Trinajstić information content (AvgIpc) is 2.75. The number of rotatable bonds is 1. The van der Waals surface area contributed by atoms with Crippen LogP contribution in [0, 0.1) is 0 Å². The summed E-state index contributed by atoms with van der Waals surface area (Å²) in [5, 5.41) is 3.22. The van der Waals surface area contributed by atoms with Gasteiger partial charge in [-0.2, -0.15) is 0 Å². The van der Waals surface area contributed by atoms with Crippen LogP contribution in [0.15, 0.2) is 48.8 Å². The molecule has 0 saturated carbocycles. The van der Waals surface area contributed by atoms with Gasteiger partial charge in [0.2, 0.25) is 0 Å². The zero-order chi connectivity index (χ0) is 11.0. The largest absolute Gasteiger partial charge is 0.391 e. The highest BCUT2D eigenvalue weighted by Crippen LogP contribution is 2.31. The molecule has 2 N–H and O–H groups in total. The Morgan fingerprint density at radius 2 is 1.94 bits per heavy atom. The Kier molecular flexibility index (Phi) is 2.11. The molecule has 78 valence electrons. The predicted octanol–water partition coefficient (Wildman–Crippen LogP) is 3.55. The molecular formula is C13H10N2S. The van der Waals surface area contributed by atoms with Crippen LogP contribution in [0.1, 0.15) is 0 Å². The van der Waals surface area contributed by atoms with Crippen molar-refractivity contribution in [1.29, 1.82) is 0 Å². The number of anilines is 1. The SMILES string of the molecule is Nc1ccc(-c2ccc3cnccc3c2)s1. The van der Waals surface area contributed by atoms with Gasteiger partial charge in [0.15, 0.2) is 0 Å². The minimum Gasteiger partial charge on any atom is -0.391 e. The van der Waals surface area contributed by atoms with E-state index in [9.17, 15) is 0 Å². The fraction of sp³-hybridized carbons (Fsp3) is 0. The number of fused-ring (bicyclic) bond motifs is 1. The van der Waals surface area contributed by atoms with Crippen molar-refractivity contribution in [3.05, 3.63) is 48.8 Å². The summed E-state index contributed by atoms with van der Waals surface area (Å²) in [6, 6.07) is 12.4. The molecule has 2 heterocycles. The van der Waals surface area contributed by atoms with E-state index in [2.05, 4.69) is 29.2 Å². The molecule has 0 amide bonds. The lowest BCUT2D eigenvalue weighted by atomic mass is 10.1. The summed E-state index contributed by atoms with van der Waals surface area (Å²) in [5.41, 5.74) is 6.95. The van der Waals surface area contributed by atoms with Gasteiger partial charge in [-0.3, -0.25) is 4.98 Å². The van der Waals surface area contributed by atoms with E-state index in [-0.39, 0.29) is 0 Å². The van der Waals surface area contributed by atoms with Crippen molar-refractivity contribution in [1.82, 2.24) is 4.98 Å². The summed E-state index contributed by atoms with van der Waals surface area (Å²) in [4.78, 5) is 5.31. The first kappa shape index (κ1) is 9.36. The Balaban J connectivity index is 2.18. The number of hydrogen-bond acceptors (Lipinski definition) is 3. The molecule has 3 rings (SSSR count). The molecule has 0 unspecified atom stereocenters. The van der Waals surface area contributed by atoms with Gasteiger partial charge in [0.1, 0.15) is 0 Å². The molecule has 0 fully saturated rings. The number of aromatic nitrogens is 1. The van der Waals surface area contributed by atoms with Gasteiger partial charge >= 0.3 is 0 Å². The summed E-state index contributed by atoms with van der Waals surface area (Å²) in [6.07, 6.45) is 3.69. The Labute approximate surface area is 97.4 Å². The van der Waals surface area contributed by atoms with E-state index in [1.165, 1.54) is 15.8 Å². The summed E-state index contributed by atoms with van der Waals surface area (Å²) in [5.74, 6) is 0. The lowest BCUT2D eigenvalue weighted by Crippen LogP contribution is -1.77. The Bertz CT molecular complexity index is 643. The van der Waals surface area contributed by atoms with E-state index in [1.54, 1.807) is 11.3 Å². The maximum atomic E-state index is 5.74. The van der Waals surface area contributed by atoms with Crippen molar-refractivity contribution in [2.45, 2.75) is 0 Å². The molecule has 16 heavy (non-hydrogen) atoms. The lowest BCUT2D eigenvalue weighted by Gasteiger charge is -2.00. The molecule has 0 atom stereocenters. The number of benzene rings is 1. The van der Waals surface area contributed by atoms with Crippen LogP contribution in [-0.2, 0) is 0 Å². The third-order valence-corrected chi connectivity index (χ3v) is 3.52. The highest BCUT2D eigenvalue weighted by molar-refractivity contribution is 7.19. The first-order valence-corrected chi connectivity index (χ1v) is 5.84. The van der Waals surface area contributed by atoms with Gasteiger partial charge in [-0.05, 0) is 35.2 Å². The third kappa shape index (κ3) is 1.55. The lowest BCUT2D eigenvalue weighted by molar-refractivity contribution is 1.36. The second-order valence-electron chi connectivity index (χ2n) is 3.64. The Morgan fingerprint density at radius 3 is 2.75 bits per heavy atom. The second-order valence-corrected chi connectivity index (χ2v) is 4.75. The molecule has 0 aliphatic rings.